The number of alkyl halides is 3. The van der Waals surface area contributed by atoms with E-state index in [1.165, 1.54) is 12.4 Å². The van der Waals surface area contributed by atoms with Crippen molar-refractivity contribution in [3.63, 3.8) is 0 Å². The maximum atomic E-state index is 12.5. The summed E-state index contributed by atoms with van der Waals surface area (Å²) in [6.07, 6.45) is -1.87. The molecule has 0 aliphatic rings. The summed E-state index contributed by atoms with van der Waals surface area (Å²) in [7, 11) is 1.74. The van der Waals surface area contributed by atoms with E-state index in [4.69, 9.17) is 11.6 Å². The zero-order chi connectivity index (χ0) is 14.0. The highest BCUT2D eigenvalue weighted by atomic mass is 35.5. The number of hydrogen-bond donors (Lipinski definition) is 1. The summed E-state index contributed by atoms with van der Waals surface area (Å²) < 4.78 is 38.4. The van der Waals surface area contributed by atoms with Gasteiger partial charge in [0, 0.05) is 18.9 Å². The van der Waals surface area contributed by atoms with Crippen LogP contribution in [0.2, 0.25) is 5.02 Å². The fraction of sp³-hybridized carbons (Fsp3) is 0.273. The van der Waals surface area contributed by atoms with E-state index in [0.29, 0.717) is 11.6 Å². The number of halogens is 4. The standard InChI is InChI=1S/C11H10ClF3N4/c1-16-5-7-4-10(17-6-8(7)12)19-3-2-9(18-19)11(13,14)15/h2-4,6,16H,5H2,1H3. The average Bonchev–Trinajstić information content (AvgIpc) is 2.81. The van der Waals surface area contributed by atoms with Crippen LogP contribution in [0.3, 0.4) is 0 Å². The van der Waals surface area contributed by atoms with Gasteiger partial charge in [-0.3, -0.25) is 0 Å². The van der Waals surface area contributed by atoms with E-state index in [-0.39, 0.29) is 5.82 Å². The summed E-state index contributed by atoms with van der Waals surface area (Å²) in [6.45, 7) is 0.488. The van der Waals surface area contributed by atoms with Crippen molar-refractivity contribution in [2.24, 2.45) is 0 Å². The van der Waals surface area contributed by atoms with Crippen molar-refractivity contribution in [3.05, 3.63) is 40.8 Å². The van der Waals surface area contributed by atoms with Crippen LogP contribution >= 0.6 is 11.6 Å². The van der Waals surface area contributed by atoms with Crippen LogP contribution in [0, 0.1) is 0 Å². The molecule has 0 aliphatic carbocycles. The molecule has 0 aromatic carbocycles. The summed E-state index contributed by atoms with van der Waals surface area (Å²) in [5, 5.41) is 6.81. The van der Waals surface area contributed by atoms with E-state index in [0.717, 1.165) is 16.3 Å². The van der Waals surface area contributed by atoms with Gasteiger partial charge in [-0.15, -0.1) is 0 Å². The Labute approximate surface area is 112 Å². The van der Waals surface area contributed by atoms with Gasteiger partial charge in [-0.2, -0.15) is 18.3 Å². The fourth-order valence-corrected chi connectivity index (χ4v) is 1.69. The summed E-state index contributed by atoms with van der Waals surface area (Å²) >= 11 is 5.93. The highest BCUT2D eigenvalue weighted by Gasteiger charge is 2.33. The van der Waals surface area contributed by atoms with E-state index in [2.05, 4.69) is 15.4 Å². The zero-order valence-corrected chi connectivity index (χ0v) is 10.6. The molecule has 102 valence electrons. The topological polar surface area (TPSA) is 42.7 Å². The molecule has 2 aromatic rings. The molecule has 0 saturated carbocycles. The van der Waals surface area contributed by atoms with Crippen molar-refractivity contribution >= 4 is 11.6 Å². The monoisotopic (exact) mass is 290 g/mol. The lowest BCUT2D eigenvalue weighted by atomic mass is 10.2. The van der Waals surface area contributed by atoms with Crippen LogP contribution in [0.1, 0.15) is 11.3 Å². The minimum absolute atomic E-state index is 0.283. The van der Waals surface area contributed by atoms with E-state index >= 15 is 0 Å². The second kappa shape index (κ2) is 5.18. The lowest BCUT2D eigenvalue weighted by Crippen LogP contribution is -2.09. The number of rotatable bonds is 3. The zero-order valence-electron chi connectivity index (χ0n) is 9.87. The van der Waals surface area contributed by atoms with Gasteiger partial charge in [0.2, 0.25) is 0 Å². The van der Waals surface area contributed by atoms with E-state index in [1.807, 2.05) is 0 Å². The van der Waals surface area contributed by atoms with E-state index in [1.54, 1.807) is 13.1 Å². The SMILES string of the molecule is CNCc1cc(-n2ccc(C(F)(F)F)n2)ncc1Cl. The molecule has 8 heteroatoms. The van der Waals surface area contributed by atoms with E-state index in [9.17, 15) is 13.2 Å². The molecule has 0 atom stereocenters. The Balaban J connectivity index is 2.36. The molecule has 0 aliphatic heterocycles. The van der Waals surface area contributed by atoms with Crippen molar-refractivity contribution in [2.75, 3.05) is 7.05 Å². The van der Waals surface area contributed by atoms with Gasteiger partial charge in [0.05, 0.1) is 5.02 Å². The third-order valence-corrected chi connectivity index (χ3v) is 2.74. The Kier molecular flexibility index (Phi) is 3.77. The Morgan fingerprint density at radius 3 is 2.74 bits per heavy atom. The number of hydrogen-bond acceptors (Lipinski definition) is 3. The number of aromatic nitrogens is 3. The van der Waals surface area contributed by atoms with Gasteiger partial charge in [-0.1, -0.05) is 11.6 Å². The van der Waals surface area contributed by atoms with E-state index < -0.39 is 11.9 Å². The lowest BCUT2D eigenvalue weighted by molar-refractivity contribution is -0.141. The molecule has 1 N–H and O–H groups in total. The summed E-state index contributed by atoms with van der Waals surface area (Å²) in [6, 6.07) is 2.49. The van der Waals surface area contributed by atoms with Crippen LogP contribution in [0.15, 0.2) is 24.5 Å². The molecule has 2 rings (SSSR count). The van der Waals surface area contributed by atoms with Gasteiger partial charge in [-0.25, -0.2) is 9.67 Å². The van der Waals surface area contributed by atoms with Crippen LogP contribution in [0.5, 0.6) is 0 Å². The molecule has 0 saturated heterocycles. The Morgan fingerprint density at radius 2 is 2.16 bits per heavy atom. The second-order valence-corrected chi connectivity index (χ2v) is 4.21. The molecular formula is C11H10ClF3N4. The Hall–Kier alpha value is -1.60. The van der Waals surface area contributed by atoms with Crippen molar-refractivity contribution in [1.29, 1.82) is 0 Å². The van der Waals surface area contributed by atoms with Gasteiger partial charge >= 0.3 is 6.18 Å². The first-order chi connectivity index (χ1) is 8.91. The van der Waals surface area contributed by atoms with Crippen LogP contribution in [0.4, 0.5) is 13.2 Å². The highest BCUT2D eigenvalue weighted by molar-refractivity contribution is 6.31. The van der Waals surface area contributed by atoms with Gasteiger partial charge in [0.25, 0.3) is 0 Å². The molecule has 0 fully saturated rings. The van der Waals surface area contributed by atoms with Crippen molar-refractivity contribution in [2.45, 2.75) is 12.7 Å². The average molecular weight is 291 g/mol. The first-order valence-electron chi connectivity index (χ1n) is 5.34. The minimum Gasteiger partial charge on any atom is -0.316 e. The van der Waals surface area contributed by atoms with Crippen LogP contribution in [-0.4, -0.2) is 21.8 Å². The predicted octanol–water partition coefficient (Wildman–Crippen LogP) is 2.66. The molecule has 2 aromatic heterocycles. The number of pyridine rings is 1. The highest BCUT2D eigenvalue weighted by Crippen LogP contribution is 2.28. The predicted molar refractivity (Wildman–Crippen MR) is 64.1 cm³/mol. The Bertz CT molecular complexity index is 580. The maximum Gasteiger partial charge on any atom is 0.435 e. The third kappa shape index (κ3) is 3.05. The summed E-state index contributed by atoms with van der Waals surface area (Å²) in [5.74, 6) is 0.283. The van der Waals surface area contributed by atoms with Gasteiger partial charge in [0.15, 0.2) is 11.5 Å². The van der Waals surface area contributed by atoms with Crippen LogP contribution in [0.25, 0.3) is 5.82 Å². The molecule has 0 amide bonds. The largest absolute Gasteiger partial charge is 0.435 e. The number of nitrogens with zero attached hydrogens (tertiary/aromatic N) is 3. The van der Waals surface area contributed by atoms with Gasteiger partial charge in [-0.05, 0) is 24.7 Å². The minimum atomic E-state index is -4.47. The Morgan fingerprint density at radius 1 is 1.42 bits per heavy atom. The fourth-order valence-electron chi connectivity index (χ4n) is 1.52. The first kappa shape index (κ1) is 13.8. The molecule has 0 radical (unpaired) electrons. The molecule has 2 heterocycles. The molecule has 0 spiro atoms. The second-order valence-electron chi connectivity index (χ2n) is 3.81. The molecule has 0 bridgehead atoms. The van der Waals surface area contributed by atoms with Crippen LogP contribution in [-0.2, 0) is 12.7 Å². The van der Waals surface area contributed by atoms with Gasteiger partial charge < -0.3 is 5.32 Å². The van der Waals surface area contributed by atoms with Crippen molar-refractivity contribution in [3.8, 4) is 5.82 Å². The first-order valence-corrected chi connectivity index (χ1v) is 5.72. The molecule has 4 nitrogen and oxygen atoms in total. The summed E-state index contributed by atoms with van der Waals surface area (Å²) in [5.41, 5.74) is -0.224. The quantitative estimate of drug-likeness (QED) is 0.945. The third-order valence-electron chi connectivity index (χ3n) is 2.40. The van der Waals surface area contributed by atoms with Crippen LogP contribution < -0.4 is 5.32 Å². The lowest BCUT2D eigenvalue weighted by Gasteiger charge is -2.06. The van der Waals surface area contributed by atoms with Gasteiger partial charge in [0.1, 0.15) is 0 Å². The molecule has 19 heavy (non-hydrogen) atoms. The molecular weight excluding hydrogens is 281 g/mol. The summed E-state index contributed by atoms with van der Waals surface area (Å²) in [4.78, 5) is 3.96. The normalized spacial score (nSPS) is 11.8. The van der Waals surface area contributed by atoms with Crippen molar-refractivity contribution < 1.29 is 13.2 Å². The van der Waals surface area contributed by atoms with Crippen molar-refractivity contribution in [1.82, 2.24) is 20.1 Å². The number of nitrogens with one attached hydrogen (secondary N) is 1. The maximum absolute atomic E-state index is 12.5. The smallest absolute Gasteiger partial charge is 0.316 e. The molecule has 0 unspecified atom stereocenters.